The molecule has 0 unspecified atom stereocenters. The number of aromatic nitrogens is 4. The molecule has 1 aliphatic heterocycles. The second-order valence-corrected chi connectivity index (χ2v) is 8.02. The van der Waals surface area contributed by atoms with Crippen LogP contribution in [0.1, 0.15) is 23.0 Å². The third kappa shape index (κ3) is 4.71. The van der Waals surface area contributed by atoms with E-state index in [4.69, 9.17) is 14.5 Å². The van der Waals surface area contributed by atoms with Gasteiger partial charge in [0.05, 0.1) is 19.0 Å². The average Bonchev–Trinajstić information content (AvgIpc) is 3.30. The third-order valence-electron chi connectivity index (χ3n) is 4.62. The summed E-state index contributed by atoms with van der Waals surface area (Å²) in [4.78, 5) is 53.0. The highest BCUT2D eigenvalue weighted by Gasteiger charge is 2.37. The standard InChI is InChI=1S/C17H18N5O8P/c23-10-6-12(30-11(10)7-29-31(26,27)28)22-8-18-13-14(22)19-17(21-16(13)25)20-15(24)9-4-2-1-3-5-9/h1-5,8,10-12,23H,6-7H2,(H2,26,27,28)(H2,19,20,21,24,25)/t10-,11+,12+/m0/s1. The molecule has 164 valence electrons. The van der Waals surface area contributed by atoms with Crippen LogP contribution in [0.15, 0.2) is 41.5 Å². The van der Waals surface area contributed by atoms with Crippen LogP contribution in [-0.4, -0.2) is 59.1 Å². The molecule has 1 fully saturated rings. The Morgan fingerprint density at radius 1 is 1.35 bits per heavy atom. The summed E-state index contributed by atoms with van der Waals surface area (Å²) in [5.41, 5.74) is -0.132. The summed E-state index contributed by atoms with van der Waals surface area (Å²) >= 11 is 0. The van der Waals surface area contributed by atoms with Gasteiger partial charge in [-0.25, -0.2) is 9.55 Å². The number of benzene rings is 1. The minimum absolute atomic E-state index is 0.00860. The van der Waals surface area contributed by atoms with Gasteiger partial charge in [0, 0.05) is 12.0 Å². The average molecular weight is 451 g/mol. The molecular weight excluding hydrogens is 433 g/mol. The number of aliphatic hydroxyl groups excluding tert-OH is 1. The SMILES string of the molecule is O=C(Nc1nc2c(ncn2[C@H]2C[C@H](O)[C@@H](COP(=O)(O)O)O2)c(=O)[nH]1)c1ccccc1. The minimum Gasteiger partial charge on any atom is -0.390 e. The Balaban J connectivity index is 1.58. The quantitative estimate of drug-likeness (QED) is 0.322. The normalized spacial score (nSPS) is 21.5. The van der Waals surface area contributed by atoms with Crippen molar-refractivity contribution in [1.29, 1.82) is 0 Å². The van der Waals surface area contributed by atoms with E-state index < -0.39 is 44.3 Å². The van der Waals surface area contributed by atoms with Crippen LogP contribution >= 0.6 is 7.82 Å². The topological polar surface area (TPSA) is 189 Å². The number of anilines is 1. The molecule has 13 nitrogen and oxygen atoms in total. The highest BCUT2D eigenvalue weighted by atomic mass is 31.2. The molecule has 0 aliphatic carbocycles. The fourth-order valence-corrected chi connectivity index (χ4v) is 3.51. The molecular formula is C17H18N5O8P. The maximum absolute atomic E-state index is 12.4. The van der Waals surface area contributed by atoms with Gasteiger partial charge in [0.2, 0.25) is 5.95 Å². The number of fused-ring (bicyclic) bond motifs is 1. The summed E-state index contributed by atoms with van der Waals surface area (Å²) in [6.45, 7) is -0.527. The Labute approximate surface area is 173 Å². The number of carbonyl (C=O) groups excluding carboxylic acids is 1. The monoisotopic (exact) mass is 451 g/mol. The Bertz CT molecular complexity index is 1210. The molecule has 3 atom stereocenters. The lowest BCUT2D eigenvalue weighted by molar-refractivity contribution is -0.0424. The first-order chi connectivity index (χ1) is 14.7. The Kier molecular flexibility index (Phi) is 5.71. The molecule has 0 spiro atoms. The van der Waals surface area contributed by atoms with E-state index in [-0.39, 0.29) is 23.5 Å². The molecule has 4 rings (SSSR count). The molecule has 0 saturated carbocycles. The van der Waals surface area contributed by atoms with Crippen molar-refractivity contribution in [1.82, 2.24) is 19.5 Å². The fraction of sp³-hybridized carbons (Fsp3) is 0.294. The molecule has 5 N–H and O–H groups in total. The molecule has 1 aromatic carbocycles. The van der Waals surface area contributed by atoms with Crippen LogP contribution in [0.4, 0.5) is 5.95 Å². The molecule has 14 heteroatoms. The maximum atomic E-state index is 12.4. The van der Waals surface area contributed by atoms with Crippen molar-refractivity contribution in [3.05, 3.63) is 52.6 Å². The zero-order valence-corrected chi connectivity index (χ0v) is 16.7. The van der Waals surface area contributed by atoms with Gasteiger partial charge in [-0.2, -0.15) is 4.98 Å². The number of aromatic amines is 1. The van der Waals surface area contributed by atoms with Gasteiger partial charge in [-0.15, -0.1) is 0 Å². The summed E-state index contributed by atoms with van der Waals surface area (Å²) in [7, 11) is -4.72. The number of rotatable bonds is 6. The number of hydrogen-bond acceptors (Lipinski definition) is 8. The number of H-pyrrole nitrogens is 1. The number of aliphatic hydroxyl groups is 1. The van der Waals surface area contributed by atoms with Crippen molar-refractivity contribution >= 4 is 30.8 Å². The lowest BCUT2D eigenvalue weighted by Gasteiger charge is -2.16. The van der Waals surface area contributed by atoms with Gasteiger partial charge >= 0.3 is 7.82 Å². The summed E-state index contributed by atoms with van der Waals surface area (Å²) in [5, 5.41) is 12.7. The predicted molar refractivity (Wildman–Crippen MR) is 105 cm³/mol. The van der Waals surface area contributed by atoms with Gasteiger partial charge in [-0.1, -0.05) is 18.2 Å². The molecule has 0 radical (unpaired) electrons. The number of phosphoric acid groups is 1. The number of phosphoric ester groups is 1. The van der Waals surface area contributed by atoms with Crippen LogP contribution < -0.4 is 10.9 Å². The van der Waals surface area contributed by atoms with Crippen LogP contribution in [0.25, 0.3) is 11.2 Å². The Morgan fingerprint density at radius 2 is 2.10 bits per heavy atom. The highest BCUT2D eigenvalue weighted by Crippen LogP contribution is 2.38. The van der Waals surface area contributed by atoms with Crippen LogP contribution in [0.2, 0.25) is 0 Å². The molecule has 1 amide bonds. The maximum Gasteiger partial charge on any atom is 0.469 e. The second kappa shape index (κ2) is 8.30. The molecule has 3 heterocycles. The largest absolute Gasteiger partial charge is 0.469 e. The van der Waals surface area contributed by atoms with Gasteiger partial charge in [0.25, 0.3) is 11.5 Å². The summed E-state index contributed by atoms with van der Waals surface area (Å²) < 4.78 is 22.3. The number of amides is 1. The summed E-state index contributed by atoms with van der Waals surface area (Å²) in [6.07, 6.45) is -1.57. The van der Waals surface area contributed by atoms with Crippen LogP contribution in [0.3, 0.4) is 0 Å². The number of imidazole rings is 1. The number of hydrogen-bond donors (Lipinski definition) is 5. The molecule has 31 heavy (non-hydrogen) atoms. The van der Waals surface area contributed by atoms with Crippen LogP contribution in [-0.2, 0) is 13.8 Å². The summed E-state index contributed by atoms with van der Waals surface area (Å²) in [6, 6.07) is 8.35. The van der Waals surface area contributed by atoms with E-state index >= 15 is 0 Å². The molecule has 2 aromatic heterocycles. The first-order valence-corrected chi connectivity index (χ1v) is 10.6. The predicted octanol–water partition coefficient (Wildman–Crippen LogP) is 0.130. The van der Waals surface area contributed by atoms with Crippen molar-refractivity contribution in [2.45, 2.75) is 24.9 Å². The van der Waals surface area contributed by atoms with Crippen LogP contribution in [0.5, 0.6) is 0 Å². The first kappa shape index (κ1) is 21.3. The molecule has 3 aromatic rings. The van der Waals surface area contributed by atoms with Gasteiger partial charge in [0.15, 0.2) is 11.2 Å². The first-order valence-electron chi connectivity index (χ1n) is 9.08. The van der Waals surface area contributed by atoms with E-state index in [0.717, 1.165) is 0 Å². The highest BCUT2D eigenvalue weighted by molar-refractivity contribution is 7.46. The van der Waals surface area contributed by atoms with Crippen molar-refractivity contribution in [2.24, 2.45) is 0 Å². The molecule has 1 saturated heterocycles. The number of ether oxygens (including phenoxy) is 1. The zero-order valence-electron chi connectivity index (χ0n) is 15.8. The van der Waals surface area contributed by atoms with E-state index in [1.165, 1.54) is 10.9 Å². The summed E-state index contributed by atoms with van der Waals surface area (Å²) in [5.74, 6) is -0.579. The van der Waals surface area contributed by atoms with E-state index in [1.807, 2.05) is 0 Å². The lowest BCUT2D eigenvalue weighted by atomic mass is 10.2. The van der Waals surface area contributed by atoms with Gasteiger partial charge in [0.1, 0.15) is 12.3 Å². The van der Waals surface area contributed by atoms with Crippen molar-refractivity contribution in [2.75, 3.05) is 11.9 Å². The number of carbonyl (C=O) groups is 1. The van der Waals surface area contributed by atoms with Crippen molar-refractivity contribution in [3.63, 3.8) is 0 Å². The van der Waals surface area contributed by atoms with Crippen molar-refractivity contribution < 1.29 is 33.5 Å². The second-order valence-electron chi connectivity index (χ2n) is 6.78. The Morgan fingerprint density at radius 3 is 2.81 bits per heavy atom. The van der Waals surface area contributed by atoms with E-state index in [9.17, 15) is 19.3 Å². The third-order valence-corrected chi connectivity index (χ3v) is 5.11. The molecule has 0 bridgehead atoms. The minimum atomic E-state index is -4.72. The smallest absolute Gasteiger partial charge is 0.390 e. The fourth-order valence-electron chi connectivity index (χ4n) is 3.17. The van der Waals surface area contributed by atoms with Crippen LogP contribution in [0, 0.1) is 0 Å². The number of nitrogens with zero attached hydrogens (tertiary/aromatic N) is 3. The van der Waals surface area contributed by atoms with E-state index in [1.54, 1.807) is 30.3 Å². The van der Waals surface area contributed by atoms with E-state index in [0.29, 0.717) is 5.56 Å². The van der Waals surface area contributed by atoms with Gasteiger partial charge < -0.3 is 19.6 Å². The molecule has 1 aliphatic rings. The van der Waals surface area contributed by atoms with Gasteiger partial charge in [-0.3, -0.25) is 29.0 Å². The van der Waals surface area contributed by atoms with Crippen molar-refractivity contribution in [3.8, 4) is 0 Å². The zero-order chi connectivity index (χ0) is 22.2. The Hall–Kier alpha value is -2.93. The number of nitrogens with one attached hydrogen (secondary N) is 2. The lowest BCUT2D eigenvalue weighted by Crippen LogP contribution is -2.25. The van der Waals surface area contributed by atoms with Gasteiger partial charge in [-0.05, 0) is 12.1 Å². The van der Waals surface area contributed by atoms with E-state index in [2.05, 4.69) is 24.8 Å².